The predicted octanol–water partition coefficient (Wildman–Crippen LogP) is 2.96. The Kier molecular flexibility index (Phi) is 5.81. The van der Waals surface area contributed by atoms with Crippen LogP contribution in [0.25, 0.3) is 0 Å². The third-order valence-corrected chi connectivity index (χ3v) is 1.80. The lowest BCUT2D eigenvalue weighted by atomic mass is 10.00. The van der Waals surface area contributed by atoms with Crippen LogP contribution in [0.15, 0.2) is 12.2 Å². The third-order valence-electron chi connectivity index (χ3n) is 1.80. The van der Waals surface area contributed by atoms with Crippen LogP contribution in [0.1, 0.15) is 39.5 Å². The van der Waals surface area contributed by atoms with Gasteiger partial charge in [0.25, 0.3) is 0 Å². The Bertz CT molecular complexity index is 127. The molecule has 1 heteroatoms. The van der Waals surface area contributed by atoms with Gasteiger partial charge in [0.2, 0.25) is 0 Å². The van der Waals surface area contributed by atoms with Crippen molar-refractivity contribution in [3.8, 4) is 0 Å². The van der Waals surface area contributed by atoms with Crippen LogP contribution in [0.3, 0.4) is 0 Å². The van der Waals surface area contributed by atoms with E-state index in [2.05, 4.69) is 13.5 Å². The highest BCUT2D eigenvalue weighted by Crippen LogP contribution is 2.12. The van der Waals surface area contributed by atoms with Crippen molar-refractivity contribution in [3.05, 3.63) is 12.2 Å². The quantitative estimate of drug-likeness (QED) is 0.424. The fraction of sp³-hybridized carbons (Fsp3) is 0.700. The zero-order valence-electron chi connectivity index (χ0n) is 7.60. The molecule has 64 valence electrons. The lowest BCUT2D eigenvalue weighted by molar-refractivity contribution is -0.108. The number of carbonyl (C=O) groups is 1. The van der Waals surface area contributed by atoms with Crippen molar-refractivity contribution in [2.75, 3.05) is 0 Å². The first-order chi connectivity index (χ1) is 5.16. The molecule has 0 aromatic heterocycles. The maximum absolute atomic E-state index is 10.1. The van der Waals surface area contributed by atoms with Gasteiger partial charge >= 0.3 is 0 Å². The van der Waals surface area contributed by atoms with Crippen molar-refractivity contribution in [2.24, 2.45) is 5.92 Å². The summed E-state index contributed by atoms with van der Waals surface area (Å²) >= 11 is 0. The van der Waals surface area contributed by atoms with E-state index in [4.69, 9.17) is 0 Å². The van der Waals surface area contributed by atoms with Crippen molar-refractivity contribution in [1.82, 2.24) is 0 Å². The van der Waals surface area contributed by atoms with Crippen LogP contribution in [0.2, 0.25) is 0 Å². The monoisotopic (exact) mass is 154 g/mol. The van der Waals surface area contributed by atoms with Gasteiger partial charge in [0.15, 0.2) is 0 Å². The molecular weight excluding hydrogens is 136 g/mol. The Morgan fingerprint density at radius 2 is 2.27 bits per heavy atom. The summed E-state index contributed by atoms with van der Waals surface area (Å²) in [5.41, 5.74) is 1.24. The van der Waals surface area contributed by atoms with E-state index < -0.39 is 0 Å². The molecule has 0 aliphatic heterocycles. The van der Waals surface area contributed by atoms with Gasteiger partial charge in [0.1, 0.15) is 6.29 Å². The molecule has 0 aromatic carbocycles. The van der Waals surface area contributed by atoms with Crippen LogP contribution in [-0.2, 0) is 4.79 Å². The number of carbonyl (C=O) groups excluding carboxylic acids is 1. The van der Waals surface area contributed by atoms with Crippen molar-refractivity contribution in [3.63, 3.8) is 0 Å². The highest BCUT2D eigenvalue weighted by molar-refractivity contribution is 5.49. The second kappa shape index (κ2) is 6.14. The predicted molar refractivity (Wildman–Crippen MR) is 48.5 cm³/mol. The smallest absolute Gasteiger partial charge is 0.120 e. The van der Waals surface area contributed by atoms with Gasteiger partial charge in [-0.25, -0.2) is 0 Å². The van der Waals surface area contributed by atoms with E-state index >= 15 is 0 Å². The van der Waals surface area contributed by atoms with Crippen LogP contribution in [0.4, 0.5) is 0 Å². The average Bonchev–Trinajstić information content (AvgIpc) is 1.87. The molecule has 0 rings (SSSR count). The number of allylic oxidation sites excluding steroid dienone is 1. The zero-order chi connectivity index (χ0) is 8.69. The molecule has 0 spiro atoms. The van der Waals surface area contributed by atoms with Crippen LogP contribution >= 0.6 is 0 Å². The summed E-state index contributed by atoms with van der Waals surface area (Å²) in [5.74, 6) is 0.548. The number of hydrogen-bond donors (Lipinski definition) is 0. The molecule has 1 atom stereocenters. The Morgan fingerprint density at radius 1 is 1.64 bits per heavy atom. The van der Waals surface area contributed by atoms with Crippen LogP contribution in [0.5, 0.6) is 0 Å². The molecule has 0 saturated carbocycles. The minimum Gasteiger partial charge on any atom is -0.303 e. The van der Waals surface area contributed by atoms with Gasteiger partial charge in [0, 0.05) is 6.42 Å². The van der Waals surface area contributed by atoms with Gasteiger partial charge in [-0.1, -0.05) is 12.5 Å². The summed E-state index contributed by atoms with van der Waals surface area (Å²) in [7, 11) is 0. The molecule has 1 nitrogen and oxygen atoms in total. The highest BCUT2D eigenvalue weighted by atomic mass is 16.1. The molecule has 0 unspecified atom stereocenters. The van der Waals surface area contributed by atoms with Crippen LogP contribution in [-0.4, -0.2) is 6.29 Å². The first-order valence-corrected chi connectivity index (χ1v) is 4.24. The largest absolute Gasteiger partial charge is 0.303 e. The van der Waals surface area contributed by atoms with Gasteiger partial charge in [-0.2, -0.15) is 0 Å². The number of hydrogen-bond acceptors (Lipinski definition) is 1. The summed E-state index contributed by atoms with van der Waals surface area (Å²) in [6, 6.07) is 0. The number of aldehydes is 1. The third kappa shape index (κ3) is 7.31. The molecule has 0 aliphatic rings. The second-order valence-corrected chi connectivity index (χ2v) is 3.36. The van der Waals surface area contributed by atoms with Gasteiger partial charge < -0.3 is 4.79 Å². The molecule has 0 bridgehead atoms. The van der Waals surface area contributed by atoms with E-state index in [0.29, 0.717) is 12.3 Å². The summed E-state index contributed by atoms with van der Waals surface area (Å²) < 4.78 is 0. The summed E-state index contributed by atoms with van der Waals surface area (Å²) in [4.78, 5) is 10.1. The lowest BCUT2D eigenvalue weighted by Crippen LogP contribution is -1.95. The SMILES string of the molecule is C=C(C)CCC[C@@H](C)CC=O. The van der Waals surface area contributed by atoms with Gasteiger partial charge in [0.05, 0.1) is 0 Å². The van der Waals surface area contributed by atoms with E-state index in [1.54, 1.807) is 0 Å². The topological polar surface area (TPSA) is 17.1 Å². The second-order valence-electron chi connectivity index (χ2n) is 3.36. The van der Waals surface area contributed by atoms with Crippen molar-refractivity contribution >= 4 is 6.29 Å². The molecular formula is C10H18O. The fourth-order valence-electron chi connectivity index (χ4n) is 1.03. The molecule has 0 saturated heterocycles. The Morgan fingerprint density at radius 3 is 2.73 bits per heavy atom. The minimum atomic E-state index is 0.548. The van der Waals surface area contributed by atoms with E-state index in [9.17, 15) is 4.79 Å². The van der Waals surface area contributed by atoms with Crippen molar-refractivity contribution in [1.29, 1.82) is 0 Å². The summed E-state index contributed by atoms with van der Waals surface area (Å²) in [6.45, 7) is 7.99. The van der Waals surface area contributed by atoms with Crippen LogP contribution in [0, 0.1) is 5.92 Å². The van der Waals surface area contributed by atoms with E-state index in [1.165, 1.54) is 12.0 Å². The van der Waals surface area contributed by atoms with Gasteiger partial charge in [-0.05, 0) is 32.1 Å². The zero-order valence-corrected chi connectivity index (χ0v) is 7.60. The molecule has 0 N–H and O–H groups in total. The molecule has 0 aliphatic carbocycles. The van der Waals surface area contributed by atoms with E-state index in [-0.39, 0.29) is 0 Å². The average molecular weight is 154 g/mol. The van der Waals surface area contributed by atoms with Crippen molar-refractivity contribution in [2.45, 2.75) is 39.5 Å². The molecule has 0 fully saturated rings. The van der Waals surface area contributed by atoms with E-state index in [1.807, 2.05) is 6.92 Å². The maximum atomic E-state index is 10.1. The fourth-order valence-corrected chi connectivity index (χ4v) is 1.03. The lowest BCUT2D eigenvalue weighted by Gasteiger charge is -2.05. The summed E-state index contributed by atoms with van der Waals surface area (Å²) in [5, 5.41) is 0. The molecule has 11 heavy (non-hydrogen) atoms. The number of rotatable bonds is 6. The maximum Gasteiger partial charge on any atom is 0.120 e. The first kappa shape index (κ1) is 10.4. The van der Waals surface area contributed by atoms with Gasteiger partial charge in [-0.3, -0.25) is 0 Å². The van der Waals surface area contributed by atoms with E-state index in [0.717, 1.165) is 19.1 Å². The Balaban J connectivity index is 3.23. The first-order valence-electron chi connectivity index (χ1n) is 4.24. The van der Waals surface area contributed by atoms with Crippen LogP contribution < -0.4 is 0 Å². The minimum absolute atomic E-state index is 0.548. The molecule has 0 aromatic rings. The normalized spacial score (nSPS) is 12.5. The summed E-state index contributed by atoms with van der Waals surface area (Å²) in [6.07, 6.45) is 5.13. The molecule has 0 heterocycles. The highest BCUT2D eigenvalue weighted by Gasteiger charge is 1.99. The Hall–Kier alpha value is -0.590. The molecule has 0 radical (unpaired) electrons. The molecule has 0 amide bonds. The van der Waals surface area contributed by atoms with Crippen molar-refractivity contribution < 1.29 is 4.79 Å². The Labute approximate surface area is 69.5 Å². The standard InChI is InChI=1S/C10H18O/c1-9(2)5-4-6-10(3)7-8-11/h8,10H,1,4-7H2,2-3H3/t10-/m1/s1. The van der Waals surface area contributed by atoms with Gasteiger partial charge in [-0.15, -0.1) is 6.58 Å².